The van der Waals surface area contributed by atoms with E-state index < -0.39 is 0 Å². The van der Waals surface area contributed by atoms with E-state index in [-0.39, 0.29) is 5.75 Å². The smallest absolute Gasteiger partial charge is 0.127 e. The second kappa shape index (κ2) is 5.57. The van der Waals surface area contributed by atoms with Crippen LogP contribution in [-0.4, -0.2) is 11.3 Å². The van der Waals surface area contributed by atoms with Crippen molar-refractivity contribution in [2.75, 3.05) is 5.43 Å². The number of aromatic hydroxyl groups is 1. The molecule has 0 amide bonds. The maximum atomic E-state index is 9.94. The number of nitrogens with zero attached hydrogens (tertiary/aromatic N) is 1. The van der Waals surface area contributed by atoms with Crippen LogP contribution in [0.1, 0.15) is 22.3 Å². The summed E-state index contributed by atoms with van der Waals surface area (Å²) in [6, 6.07) is 11.8. The van der Waals surface area contributed by atoms with Gasteiger partial charge in [0.15, 0.2) is 0 Å². The summed E-state index contributed by atoms with van der Waals surface area (Å²) in [5, 5.41) is 14.1. The van der Waals surface area contributed by atoms with E-state index in [4.69, 9.17) is 0 Å². The third kappa shape index (κ3) is 3.35. The molecule has 0 atom stereocenters. The van der Waals surface area contributed by atoms with Gasteiger partial charge in [0.05, 0.1) is 11.9 Å². The average Bonchev–Trinajstić information content (AvgIpc) is 2.37. The molecule has 3 nitrogen and oxygen atoms in total. The van der Waals surface area contributed by atoms with Gasteiger partial charge in [0.25, 0.3) is 0 Å². The first-order valence-corrected chi connectivity index (χ1v) is 6.22. The van der Waals surface area contributed by atoms with E-state index in [9.17, 15) is 5.11 Å². The SMILES string of the molecule is Cc1ccc(NN=Cc2cc(C)cc(C)c2O)cc1. The number of aryl methyl sites for hydroxylation is 3. The molecule has 0 unspecified atom stereocenters. The lowest BCUT2D eigenvalue weighted by Gasteiger charge is -2.05. The van der Waals surface area contributed by atoms with Gasteiger partial charge >= 0.3 is 0 Å². The van der Waals surface area contributed by atoms with E-state index in [0.29, 0.717) is 0 Å². The Hall–Kier alpha value is -2.29. The molecular weight excluding hydrogens is 236 g/mol. The Morgan fingerprint density at radius 2 is 1.68 bits per heavy atom. The average molecular weight is 254 g/mol. The van der Waals surface area contributed by atoms with E-state index in [1.165, 1.54) is 5.56 Å². The van der Waals surface area contributed by atoms with Gasteiger partial charge in [-0.15, -0.1) is 0 Å². The first kappa shape index (κ1) is 13.1. The number of benzene rings is 2. The number of anilines is 1. The topological polar surface area (TPSA) is 44.6 Å². The predicted molar refractivity (Wildman–Crippen MR) is 80.0 cm³/mol. The van der Waals surface area contributed by atoms with Crippen molar-refractivity contribution in [2.45, 2.75) is 20.8 Å². The Bertz CT molecular complexity index is 601. The Balaban J connectivity index is 2.13. The highest BCUT2D eigenvalue weighted by atomic mass is 16.3. The van der Waals surface area contributed by atoms with E-state index >= 15 is 0 Å². The zero-order valence-electron chi connectivity index (χ0n) is 11.4. The molecule has 0 saturated heterocycles. The Morgan fingerprint density at radius 1 is 1.00 bits per heavy atom. The number of hydrogen-bond donors (Lipinski definition) is 2. The van der Waals surface area contributed by atoms with Gasteiger partial charge in [-0.2, -0.15) is 5.10 Å². The summed E-state index contributed by atoms with van der Waals surface area (Å²) >= 11 is 0. The Kier molecular flexibility index (Phi) is 3.85. The Morgan fingerprint density at radius 3 is 2.37 bits per heavy atom. The largest absolute Gasteiger partial charge is 0.507 e. The third-order valence-corrected chi connectivity index (χ3v) is 2.92. The molecule has 2 rings (SSSR count). The van der Waals surface area contributed by atoms with Crippen molar-refractivity contribution >= 4 is 11.9 Å². The van der Waals surface area contributed by atoms with Gasteiger partial charge in [-0.25, -0.2) is 0 Å². The highest BCUT2D eigenvalue weighted by Gasteiger charge is 2.02. The fourth-order valence-electron chi connectivity index (χ4n) is 1.90. The molecule has 0 saturated carbocycles. The summed E-state index contributed by atoms with van der Waals surface area (Å²) in [4.78, 5) is 0. The summed E-state index contributed by atoms with van der Waals surface area (Å²) in [5.41, 5.74) is 7.76. The van der Waals surface area contributed by atoms with Gasteiger partial charge in [0.2, 0.25) is 0 Å². The number of phenolic OH excluding ortho intramolecular Hbond substituents is 1. The highest BCUT2D eigenvalue weighted by Crippen LogP contribution is 2.22. The fraction of sp³-hybridized carbons (Fsp3) is 0.188. The predicted octanol–water partition coefficient (Wildman–Crippen LogP) is 3.76. The fourth-order valence-corrected chi connectivity index (χ4v) is 1.90. The summed E-state index contributed by atoms with van der Waals surface area (Å²) < 4.78 is 0. The summed E-state index contributed by atoms with van der Waals surface area (Å²) in [6.07, 6.45) is 1.63. The second-order valence-electron chi connectivity index (χ2n) is 4.76. The van der Waals surface area contributed by atoms with Crippen LogP contribution >= 0.6 is 0 Å². The molecule has 3 heteroatoms. The minimum absolute atomic E-state index is 0.278. The van der Waals surface area contributed by atoms with Crippen molar-refractivity contribution in [3.63, 3.8) is 0 Å². The van der Waals surface area contributed by atoms with Crippen LogP contribution < -0.4 is 5.43 Å². The van der Waals surface area contributed by atoms with Gasteiger partial charge in [0.1, 0.15) is 5.75 Å². The second-order valence-corrected chi connectivity index (χ2v) is 4.76. The van der Waals surface area contributed by atoms with E-state index in [1.54, 1.807) is 6.21 Å². The van der Waals surface area contributed by atoms with Crippen molar-refractivity contribution in [3.05, 3.63) is 58.7 Å². The molecule has 2 N–H and O–H groups in total. The van der Waals surface area contributed by atoms with E-state index in [1.807, 2.05) is 57.2 Å². The molecule has 0 spiro atoms. The van der Waals surface area contributed by atoms with E-state index in [0.717, 1.165) is 22.4 Å². The van der Waals surface area contributed by atoms with Crippen molar-refractivity contribution < 1.29 is 5.11 Å². The van der Waals surface area contributed by atoms with Crippen molar-refractivity contribution in [1.82, 2.24) is 0 Å². The molecule has 0 aliphatic carbocycles. The van der Waals surface area contributed by atoms with Crippen LogP contribution in [0.2, 0.25) is 0 Å². The molecule has 0 aromatic heterocycles. The molecule has 0 bridgehead atoms. The maximum Gasteiger partial charge on any atom is 0.127 e. The molecule has 98 valence electrons. The van der Waals surface area contributed by atoms with Gasteiger partial charge in [-0.1, -0.05) is 23.8 Å². The number of hydrazone groups is 1. The van der Waals surface area contributed by atoms with Gasteiger partial charge in [-0.3, -0.25) is 5.43 Å². The van der Waals surface area contributed by atoms with Crippen molar-refractivity contribution in [1.29, 1.82) is 0 Å². The quantitative estimate of drug-likeness (QED) is 0.647. The van der Waals surface area contributed by atoms with Gasteiger partial charge in [0, 0.05) is 5.56 Å². The molecule has 0 aliphatic rings. The molecule has 2 aromatic carbocycles. The lowest BCUT2D eigenvalue weighted by Crippen LogP contribution is -1.93. The normalized spacial score (nSPS) is 10.9. The van der Waals surface area contributed by atoms with Crippen LogP contribution in [0.25, 0.3) is 0 Å². The maximum absolute atomic E-state index is 9.94. The molecule has 0 aliphatic heterocycles. The van der Waals surface area contributed by atoms with Crippen LogP contribution in [0.4, 0.5) is 5.69 Å². The molecule has 19 heavy (non-hydrogen) atoms. The standard InChI is InChI=1S/C16H18N2O/c1-11-4-6-15(7-5-11)18-17-10-14-9-12(2)8-13(3)16(14)19/h4-10,18-19H,1-3H3. The molecular formula is C16H18N2O. The first-order chi connectivity index (χ1) is 9.06. The minimum Gasteiger partial charge on any atom is -0.507 e. The first-order valence-electron chi connectivity index (χ1n) is 6.22. The van der Waals surface area contributed by atoms with E-state index in [2.05, 4.69) is 10.5 Å². The summed E-state index contributed by atoms with van der Waals surface area (Å²) in [5.74, 6) is 0.278. The van der Waals surface area contributed by atoms with Crippen LogP contribution in [0.15, 0.2) is 41.5 Å². The molecule has 2 aromatic rings. The van der Waals surface area contributed by atoms with Crippen LogP contribution in [0.3, 0.4) is 0 Å². The Labute approximate surface area is 113 Å². The molecule has 0 radical (unpaired) electrons. The van der Waals surface area contributed by atoms with Crippen LogP contribution in [0.5, 0.6) is 5.75 Å². The molecule has 0 heterocycles. The van der Waals surface area contributed by atoms with Crippen molar-refractivity contribution in [3.8, 4) is 5.75 Å². The zero-order valence-corrected chi connectivity index (χ0v) is 11.4. The summed E-state index contributed by atoms with van der Waals surface area (Å²) in [7, 11) is 0. The lowest BCUT2D eigenvalue weighted by molar-refractivity contribution is 0.470. The zero-order chi connectivity index (χ0) is 13.8. The lowest BCUT2D eigenvalue weighted by atomic mass is 10.1. The number of nitrogens with one attached hydrogen (secondary N) is 1. The van der Waals surface area contributed by atoms with Gasteiger partial charge < -0.3 is 5.11 Å². The van der Waals surface area contributed by atoms with Crippen molar-refractivity contribution in [2.24, 2.45) is 5.10 Å². The monoisotopic (exact) mass is 254 g/mol. The number of hydrogen-bond acceptors (Lipinski definition) is 3. The number of phenols is 1. The van der Waals surface area contributed by atoms with Gasteiger partial charge in [-0.05, 0) is 50.1 Å². The molecule has 0 fully saturated rings. The van der Waals surface area contributed by atoms with Crippen LogP contribution in [-0.2, 0) is 0 Å². The summed E-state index contributed by atoms with van der Waals surface area (Å²) in [6.45, 7) is 5.92. The minimum atomic E-state index is 0.278. The number of rotatable bonds is 3. The third-order valence-electron chi connectivity index (χ3n) is 2.92. The highest BCUT2D eigenvalue weighted by molar-refractivity contribution is 5.84. The van der Waals surface area contributed by atoms with Crippen LogP contribution in [0, 0.1) is 20.8 Å².